The van der Waals surface area contributed by atoms with Crippen LogP contribution in [0.2, 0.25) is 0 Å². The van der Waals surface area contributed by atoms with E-state index in [1.54, 1.807) is 9.80 Å². The number of piperazine rings is 1. The van der Waals surface area contributed by atoms with Crippen molar-refractivity contribution >= 4 is 27.6 Å². The van der Waals surface area contributed by atoms with Gasteiger partial charge in [0.1, 0.15) is 5.75 Å². The van der Waals surface area contributed by atoms with E-state index in [4.69, 9.17) is 9.47 Å². The molecule has 0 saturated carbocycles. The summed E-state index contributed by atoms with van der Waals surface area (Å²) in [7, 11) is -2.32. The molecule has 2 fully saturated rings. The normalized spacial score (nSPS) is 18.4. The molecule has 160 valence electrons. The summed E-state index contributed by atoms with van der Waals surface area (Å²) in [5.41, 5.74) is 0.294. The molecule has 29 heavy (non-hydrogen) atoms. The van der Waals surface area contributed by atoms with Gasteiger partial charge in [-0.25, -0.2) is 13.2 Å². The number of nitrogens with zero attached hydrogens (tertiary/aromatic N) is 3. The second-order valence-electron chi connectivity index (χ2n) is 6.82. The summed E-state index contributed by atoms with van der Waals surface area (Å²) >= 11 is 0. The Morgan fingerprint density at radius 2 is 1.66 bits per heavy atom. The van der Waals surface area contributed by atoms with E-state index in [1.807, 2.05) is 0 Å². The fourth-order valence-corrected chi connectivity index (χ4v) is 4.81. The number of nitrogens with one attached hydrogen (secondary N) is 1. The third kappa shape index (κ3) is 4.80. The molecule has 1 aromatic carbocycles. The van der Waals surface area contributed by atoms with Crippen LogP contribution in [-0.2, 0) is 19.6 Å². The van der Waals surface area contributed by atoms with Crippen LogP contribution in [0.5, 0.6) is 5.75 Å². The van der Waals surface area contributed by atoms with E-state index in [0.717, 1.165) is 0 Å². The van der Waals surface area contributed by atoms with E-state index in [2.05, 4.69) is 5.32 Å². The molecule has 0 unspecified atom stereocenters. The minimum absolute atomic E-state index is 0.0648. The molecule has 3 amide bonds. The van der Waals surface area contributed by atoms with Gasteiger partial charge in [-0.05, 0) is 18.2 Å². The Bertz CT molecular complexity index is 861. The largest absolute Gasteiger partial charge is 0.495 e. The molecule has 3 rings (SSSR count). The highest BCUT2D eigenvalue weighted by molar-refractivity contribution is 7.89. The Kier molecular flexibility index (Phi) is 6.60. The van der Waals surface area contributed by atoms with Crippen molar-refractivity contribution in [1.82, 2.24) is 14.1 Å². The molecule has 2 saturated heterocycles. The molecule has 10 nitrogen and oxygen atoms in total. The second kappa shape index (κ2) is 8.97. The number of ether oxygens (including phenoxy) is 2. The van der Waals surface area contributed by atoms with Gasteiger partial charge in [0.2, 0.25) is 15.9 Å². The van der Waals surface area contributed by atoms with Crippen LogP contribution in [-0.4, -0.2) is 94.1 Å². The number of anilines is 1. The number of rotatable bonds is 4. The first-order valence-corrected chi connectivity index (χ1v) is 10.8. The number of morpholine rings is 1. The van der Waals surface area contributed by atoms with Crippen molar-refractivity contribution in [2.24, 2.45) is 0 Å². The van der Waals surface area contributed by atoms with Crippen molar-refractivity contribution in [3.63, 3.8) is 0 Å². The van der Waals surface area contributed by atoms with Crippen molar-refractivity contribution < 1.29 is 27.5 Å². The molecule has 2 aliphatic rings. The van der Waals surface area contributed by atoms with Crippen LogP contribution in [0.25, 0.3) is 0 Å². The van der Waals surface area contributed by atoms with Crippen molar-refractivity contribution in [2.45, 2.75) is 11.8 Å². The predicted molar refractivity (Wildman–Crippen MR) is 105 cm³/mol. The lowest BCUT2D eigenvalue weighted by Crippen LogP contribution is -2.55. The van der Waals surface area contributed by atoms with Gasteiger partial charge in [0.15, 0.2) is 0 Å². The maximum atomic E-state index is 13.0. The zero-order valence-electron chi connectivity index (χ0n) is 16.6. The van der Waals surface area contributed by atoms with Gasteiger partial charge in [0, 0.05) is 46.2 Å². The zero-order chi connectivity index (χ0) is 21.0. The van der Waals surface area contributed by atoms with Gasteiger partial charge in [-0.3, -0.25) is 4.79 Å². The third-order valence-electron chi connectivity index (χ3n) is 4.91. The van der Waals surface area contributed by atoms with Gasteiger partial charge >= 0.3 is 6.03 Å². The molecule has 0 atom stereocenters. The monoisotopic (exact) mass is 426 g/mol. The standard InChI is InChI=1S/C18H26N4O6S/c1-14(23)19-16-13-15(3-4-17(16)27-2)29(25,26)22-7-5-20(6-8-22)18(24)21-9-11-28-12-10-21/h3-4,13H,5-12H2,1-2H3,(H,19,23). The van der Waals surface area contributed by atoms with Gasteiger partial charge < -0.3 is 24.6 Å². The molecular weight excluding hydrogens is 400 g/mol. The summed E-state index contributed by atoms with van der Waals surface area (Å²) in [5.74, 6) is 0.0492. The van der Waals surface area contributed by atoms with E-state index >= 15 is 0 Å². The summed E-state index contributed by atoms with van der Waals surface area (Å²) in [6.45, 7) is 4.55. The minimum atomic E-state index is -3.76. The van der Waals surface area contributed by atoms with Gasteiger partial charge in [0.05, 0.1) is 30.9 Å². The van der Waals surface area contributed by atoms with Gasteiger partial charge in [-0.1, -0.05) is 0 Å². The number of carbonyl (C=O) groups excluding carboxylic acids is 2. The molecule has 0 radical (unpaired) electrons. The van der Waals surface area contributed by atoms with Crippen LogP contribution in [0, 0.1) is 0 Å². The van der Waals surface area contributed by atoms with Crippen LogP contribution in [0.15, 0.2) is 23.1 Å². The second-order valence-corrected chi connectivity index (χ2v) is 8.75. The Hall–Kier alpha value is -2.37. The predicted octanol–water partition coefficient (Wildman–Crippen LogP) is 0.412. The number of hydrogen-bond acceptors (Lipinski definition) is 6. The molecule has 0 bridgehead atoms. The molecule has 0 spiro atoms. The van der Waals surface area contributed by atoms with E-state index in [0.29, 0.717) is 50.8 Å². The number of benzene rings is 1. The average molecular weight is 426 g/mol. The maximum Gasteiger partial charge on any atom is 0.320 e. The lowest BCUT2D eigenvalue weighted by atomic mass is 10.3. The van der Waals surface area contributed by atoms with Crippen molar-refractivity contribution in [3.8, 4) is 5.75 Å². The Morgan fingerprint density at radius 1 is 1.03 bits per heavy atom. The number of urea groups is 1. The molecule has 2 aliphatic heterocycles. The minimum Gasteiger partial charge on any atom is -0.495 e. The van der Waals surface area contributed by atoms with Crippen LogP contribution in [0.3, 0.4) is 0 Å². The fraction of sp³-hybridized carbons (Fsp3) is 0.556. The molecule has 0 aromatic heterocycles. The zero-order valence-corrected chi connectivity index (χ0v) is 17.4. The quantitative estimate of drug-likeness (QED) is 0.747. The number of sulfonamides is 1. The van der Waals surface area contributed by atoms with Gasteiger partial charge in [0.25, 0.3) is 0 Å². The number of methoxy groups -OCH3 is 1. The molecule has 11 heteroatoms. The molecular formula is C18H26N4O6S. The summed E-state index contributed by atoms with van der Waals surface area (Å²) in [6, 6.07) is 4.27. The topological polar surface area (TPSA) is 108 Å². The first-order chi connectivity index (χ1) is 13.8. The van der Waals surface area contributed by atoms with Gasteiger partial charge in [-0.15, -0.1) is 0 Å². The lowest BCUT2D eigenvalue weighted by molar-refractivity contribution is -0.114. The summed E-state index contributed by atoms with van der Waals surface area (Å²) in [5, 5.41) is 2.58. The number of amides is 3. The third-order valence-corrected chi connectivity index (χ3v) is 6.80. The SMILES string of the molecule is COc1ccc(S(=O)(=O)N2CCN(C(=O)N3CCOCC3)CC2)cc1NC(C)=O. The highest BCUT2D eigenvalue weighted by Gasteiger charge is 2.32. The van der Waals surface area contributed by atoms with E-state index in [-0.39, 0.29) is 29.9 Å². The smallest absolute Gasteiger partial charge is 0.320 e. The Balaban J connectivity index is 1.69. The van der Waals surface area contributed by atoms with Crippen LogP contribution < -0.4 is 10.1 Å². The van der Waals surface area contributed by atoms with Crippen molar-refractivity contribution in [2.75, 3.05) is 64.9 Å². The van der Waals surface area contributed by atoms with Crippen molar-refractivity contribution in [3.05, 3.63) is 18.2 Å². The first-order valence-electron chi connectivity index (χ1n) is 9.40. The van der Waals surface area contributed by atoms with Crippen LogP contribution >= 0.6 is 0 Å². The van der Waals surface area contributed by atoms with E-state index in [1.165, 1.54) is 36.5 Å². The maximum absolute atomic E-state index is 13.0. The highest BCUT2D eigenvalue weighted by Crippen LogP contribution is 2.29. The number of carbonyl (C=O) groups is 2. The Morgan fingerprint density at radius 3 is 2.24 bits per heavy atom. The van der Waals surface area contributed by atoms with E-state index in [9.17, 15) is 18.0 Å². The summed E-state index contributed by atoms with van der Waals surface area (Å²) < 4.78 is 37.9. The number of hydrogen-bond donors (Lipinski definition) is 1. The fourth-order valence-electron chi connectivity index (χ4n) is 3.36. The molecule has 1 aromatic rings. The Labute approximate surface area is 170 Å². The summed E-state index contributed by atoms with van der Waals surface area (Å²) in [4.78, 5) is 27.4. The van der Waals surface area contributed by atoms with Crippen LogP contribution in [0.1, 0.15) is 6.92 Å². The first kappa shape index (κ1) is 21.3. The molecule has 1 N–H and O–H groups in total. The lowest BCUT2D eigenvalue weighted by Gasteiger charge is -2.38. The van der Waals surface area contributed by atoms with Gasteiger partial charge in [-0.2, -0.15) is 4.31 Å². The molecule has 2 heterocycles. The van der Waals surface area contributed by atoms with Crippen molar-refractivity contribution in [1.29, 1.82) is 0 Å². The molecule has 0 aliphatic carbocycles. The van der Waals surface area contributed by atoms with E-state index < -0.39 is 10.0 Å². The average Bonchev–Trinajstić information content (AvgIpc) is 2.73. The highest BCUT2D eigenvalue weighted by atomic mass is 32.2. The summed E-state index contributed by atoms with van der Waals surface area (Å²) in [6.07, 6.45) is 0. The van der Waals surface area contributed by atoms with Crippen LogP contribution in [0.4, 0.5) is 10.5 Å².